The van der Waals surface area contributed by atoms with Crippen molar-refractivity contribution >= 4 is 21.8 Å². The van der Waals surface area contributed by atoms with E-state index in [1.165, 1.54) is 12.2 Å². The number of nitriles is 1. The molecule has 0 spiro atoms. The Labute approximate surface area is 141 Å². The molecule has 0 unspecified atom stereocenters. The van der Waals surface area contributed by atoms with Crippen LogP contribution in [0.1, 0.15) is 29.4 Å². The van der Waals surface area contributed by atoms with Crippen molar-refractivity contribution in [3.63, 3.8) is 0 Å². The van der Waals surface area contributed by atoms with Gasteiger partial charge in [-0.15, -0.1) is 6.58 Å². The molecule has 1 atom stereocenters. The average Bonchev–Trinajstić information content (AvgIpc) is 3.02. The third kappa shape index (κ3) is 3.74. The van der Waals surface area contributed by atoms with Crippen molar-refractivity contribution in [2.75, 3.05) is 18.1 Å². The molecule has 0 aliphatic carbocycles. The Hall–Kier alpha value is -2.40. The summed E-state index contributed by atoms with van der Waals surface area (Å²) < 4.78 is 25.0. The first-order chi connectivity index (χ1) is 11.3. The summed E-state index contributed by atoms with van der Waals surface area (Å²) in [5, 5.41) is 16.2. The van der Waals surface area contributed by atoms with Crippen molar-refractivity contribution in [2.45, 2.75) is 26.3 Å². The number of aromatic nitrogens is 2. The van der Waals surface area contributed by atoms with Gasteiger partial charge in [0, 0.05) is 17.8 Å². The second kappa shape index (κ2) is 7.01. The molecule has 128 valence electrons. The molecule has 8 heteroatoms. The summed E-state index contributed by atoms with van der Waals surface area (Å²) in [6, 6.07) is 1.69. The van der Waals surface area contributed by atoms with Crippen molar-refractivity contribution in [1.29, 1.82) is 5.26 Å². The van der Waals surface area contributed by atoms with E-state index in [4.69, 9.17) is 0 Å². The predicted molar refractivity (Wildman–Crippen MR) is 90.8 cm³/mol. The molecule has 0 saturated carbocycles. The van der Waals surface area contributed by atoms with Gasteiger partial charge < -0.3 is 5.32 Å². The lowest BCUT2D eigenvalue weighted by Crippen LogP contribution is -2.24. The summed E-state index contributed by atoms with van der Waals surface area (Å²) >= 11 is 0. The van der Waals surface area contributed by atoms with Crippen LogP contribution in [0, 0.1) is 25.2 Å². The number of carbonyl (C=O) groups is 1. The maximum absolute atomic E-state index is 12.0. The molecule has 1 saturated heterocycles. The Morgan fingerprint density at radius 3 is 2.79 bits per heavy atom. The summed E-state index contributed by atoms with van der Waals surface area (Å²) in [5.41, 5.74) is 2.05. The monoisotopic (exact) mass is 348 g/mol. The van der Waals surface area contributed by atoms with Gasteiger partial charge in [0.25, 0.3) is 5.91 Å². The van der Waals surface area contributed by atoms with E-state index in [2.05, 4.69) is 17.0 Å². The number of sulfone groups is 1. The van der Waals surface area contributed by atoms with Gasteiger partial charge in [0.2, 0.25) is 0 Å². The highest BCUT2D eigenvalue weighted by Gasteiger charge is 2.31. The van der Waals surface area contributed by atoms with Crippen LogP contribution in [-0.2, 0) is 14.6 Å². The topological polar surface area (TPSA) is 105 Å². The molecule has 0 aromatic carbocycles. The van der Waals surface area contributed by atoms with Crippen LogP contribution in [0.5, 0.6) is 0 Å². The van der Waals surface area contributed by atoms with Crippen LogP contribution >= 0.6 is 0 Å². The van der Waals surface area contributed by atoms with Crippen LogP contribution in [0.4, 0.5) is 0 Å². The molecular weight excluding hydrogens is 328 g/mol. The molecule has 0 radical (unpaired) electrons. The van der Waals surface area contributed by atoms with E-state index >= 15 is 0 Å². The van der Waals surface area contributed by atoms with Gasteiger partial charge in [-0.05, 0) is 26.3 Å². The quantitative estimate of drug-likeness (QED) is 0.487. The van der Waals surface area contributed by atoms with Crippen molar-refractivity contribution in [3.8, 4) is 6.07 Å². The van der Waals surface area contributed by atoms with E-state index in [0.717, 1.165) is 5.69 Å². The number of amides is 1. The fraction of sp³-hybridized carbons (Fsp3) is 0.438. The van der Waals surface area contributed by atoms with Crippen LogP contribution in [0.15, 0.2) is 18.2 Å². The third-order valence-electron chi connectivity index (χ3n) is 4.00. The normalized spacial score (nSPS) is 19.7. The molecule has 2 rings (SSSR count). The maximum atomic E-state index is 12.0. The summed E-state index contributed by atoms with van der Waals surface area (Å²) in [4.78, 5) is 12.0. The van der Waals surface area contributed by atoms with Gasteiger partial charge in [-0.25, -0.2) is 8.42 Å². The molecule has 1 fully saturated rings. The number of carbonyl (C=O) groups excluding carboxylic acids is 1. The number of nitrogens with one attached hydrogen (secondary N) is 1. The fourth-order valence-electron chi connectivity index (χ4n) is 2.76. The van der Waals surface area contributed by atoms with Crippen molar-refractivity contribution in [1.82, 2.24) is 15.1 Å². The highest BCUT2D eigenvalue weighted by molar-refractivity contribution is 7.91. The first-order valence-corrected chi connectivity index (χ1v) is 9.38. The Kier molecular flexibility index (Phi) is 5.24. The molecule has 24 heavy (non-hydrogen) atoms. The largest absolute Gasteiger partial charge is 0.348 e. The second-order valence-corrected chi connectivity index (χ2v) is 7.98. The van der Waals surface area contributed by atoms with E-state index in [9.17, 15) is 18.5 Å². The van der Waals surface area contributed by atoms with Crippen molar-refractivity contribution in [3.05, 3.63) is 35.2 Å². The third-order valence-corrected chi connectivity index (χ3v) is 5.75. The summed E-state index contributed by atoms with van der Waals surface area (Å²) in [7, 11) is -3.02. The van der Waals surface area contributed by atoms with Crippen molar-refractivity contribution in [2.24, 2.45) is 0 Å². The van der Waals surface area contributed by atoms with E-state index in [0.29, 0.717) is 17.7 Å². The minimum atomic E-state index is -3.02. The van der Waals surface area contributed by atoms with Crippen LogP contribution in [0.2, 0.25) is 0 Å². The zero-order valence-electron chi connectivity index (χ0n) is 13.7. The van der Waals surface area contributed by atoms with Gasteiger partial charge in [0.15, 0.2) is 9.84 Å². The number of nitrogens with zero attached hydrogens (tertiary/aromatic N) is 3. The maximum Gasteiger partial charge on any atom is 0.262 e. The first-order valence-electron chi connectivity index (χ1n) is 7.56. The molecule has 1 aliphatic rings. The molecule has 0 bridgehead atoms. The van der Waals surface area contributed by atoms with E-state index in [1.807, 2.05) is 13.0 Å². The molecular formula is C16H20N4O3S. The van der Waals surface area contributed by atoms with Gasteiger partial charge in [-0.3, -0.25) is 9.48 Å². The standard InChI is InChI=1S/C16H20N4O3S/c1-4-6-18-16(21)13(9-17)8-15-11(2)19-20(12(15)3)14-5-7-24(22,23)10-14/h4,8,14H,1,5-7,10H2,2-3H3,(H,18,21)/b13-8+/t14-/m1/s1. The number of hydrogen-bond donors (Lipinski definition) is 1. The lowest BCUT2D eigenvalue weighted by atomic mass is 10.1. The van der Waals surface area contributed by atoms with Crippen LogP contribution in [0.3, 0.4) is 0 Å². The zero-order chi connectivity index (χ0) is 17.9. The molecule has 1 amide bonds. The van der Waals surface area contributed by atoms with E-state index < -0.39 is 15.7 Å². The Morgan fingerprint density at radius 2 is 2.25 bits per heavy atom. The Balaban J connectivity index is 2.35. The summed E-state index contributed by atoms with van der Waals surface area (Å²) in [5.74, 6) is -0.246. The number of aryl methyl sites for hydroxylation is 1. The molecule has 7 nitrogen and oxygen atoms in total. The van der Waals surface area contributed by atoms with Gasteiger partial charge in [-0.1, -0.05) is 6.08 Å². The molecule has 1 aliphatic heterocycles. The predicted octanol–water partition coefficient (Wildman–Crippen LogP) is 1.07. The van der Waals surface area contributed by atoms with Gasteiger partial charge in [-0.2, -0.15) is 10.4 Å². The number of rotatable bonds is 5. The summed E-state index contributed by atoms with van der Waals surface area (Å²) in [6.45, 7) is 7.37. The van der Waals surface area contributed by atoms with Crippen LogP contribution in [-0.4, -0.2) is 42.2 Å². The smallest absolute Gasteiger partial charge is 0.262 e. The van der Waals surface area contributed by atoms with E-state index in [-0.39, 0.29) is 29.7 Å². The number of hydrogen-bond acceptors (Lipinski definition) is 5. The molecule has 1 N–H and O–H groups in total. The average molecular weight is 348 g/mol. The lowest BCUT2D eigenvalue weighted by Gasteiger charge is -2.11. The van der Waals surface area contributed by atoms with E-state index in [1.54, 1.807) is 11.6 Å². The van der Waals surface area contributed by atoms with Gasteiger partial charge >= 0.3 is 0 Å². The van der Waals surface area contributed by atoms with Crippen LogP contribution < -0.4 is 5.32 Å². The van der Waals surface area contributed by atoms with Crippen LogP contribution in [0.25, 0.3) is 6.08 Å². The Morgan fingerprint density at radius 1 is 1.54 bits per heavy atom. The summed E-state index contributed by atoms with van der Waals surface area (Å²) in [6.07, 6.45) is 3.55. The highest BCUT2D eigenvalue weighted by atomic mass is 32.2. The fourth-order valence-corrected chi connectivity index (χ4v) is 4.45. The Bertz CT molecular complexity index is 843. The SMILES string of the molecule is C=CCNC(=O)/C(C#N)=C/c1c(C)nn([C@@H]2CCS(=O)(=O)C2)c1C. The molecule has 1 aromatic heterocycles. The highest BCUT2D eigenvalue weighted by Crippen LogP contribution is 2.27. The molecule has 1 aromatic rings. The second-order valence-electron chi connectivity index (χ2n) is 5.75. The minimum absolute atomic E-state index is 0.0263. The lowest BCUT2D eigenvalue weighted by molar-refractivity contribution is -0.116. The first kappa shape index (κ1) is 17.9. The zero-order valence-corrected chi connectivity index (χ0v) is 14.6. The van der Waals surface area contributed by atoms with Crippen molar-refractivity contribution < 1.29 is 13.2 Å². The molecule has 2 heterocycles. The van der Waals surface area contributed by atoms with Gasteiger partial charge in [0.05, 0.1) is 23.2 Å². The minimum Gasteiger partial charge on any atom is -0.348 e. The van der Waals surface area contributed by atoms with Gasteiger partial charge in [0.1, 0.15) is 11.6 Å².